The van der Waals surface area contributed by atoms with Crippen molar-refractivity contribution in [2.24, 2.45) is 0 Å². The number of hydrogen-bond acceptors (Lipinski definition) is 4. The summed E-state index contributed by atoms with van der Waals surface area (Å²) < 4.78 is 11.6. The predicted molar refractivity (Wildman–Crippen MR) is 133 cm³/mol. The molecule has 0 amide bonds. The summed E-state index contributed by atoms with van der Waals surface area (Å²) in [5, 5.41) is 0. The molecule has 4 nitrogen and oxygen atoms in total. The minimum absolute atomic E-state index is 0. The molecule has 168 valence electrons. The van der Waals surface area contributed by atoms with Crippen LogP contribution in [0.2, 0.25) is 0 Å². The number of likely N-dealkylation sites (tertiary alicyclic amines) is 1. The van der Waals surface area contributed by atoms with E-state index in [9.17, 15) is 0 Å². The third-order valence-electron chi connectivity index (χ3n) is 6.54. The fourth-order valence-corrected chi connectivity index (χ4v) is 4.89. The molecule has 2 aliphatic rings. The van der Waals surface area contributed by atoms with Gasteiger partial charge in [0.1, 0.15) is 18.1 Å². The van der Waals surface area contributed by atoms with E-state index in [1.807, 2.05) is 6.07 Å². The molecule has 1 unspecified atom stereocenters. The number of halogens is 1. The summed E-state index contributed by atoms with van der Waals surface area (Å²) in [5.74, 6) is 1.91. The van der Waals surface area contributed by atoms with Crippen LogP contribution in [0.4, 0.5) is 11.4 Å². The second kappa shape index (κ2) is 10.3. The molecule has 1 fully saturated rings. The van der Waals surface area contributed by atoms with Crippen molar-refractivity contribution in [2.45, 2.75) is 31.9 Å². The Balaban J connectivity index is 0.00000245. The molecule has 2 aliphatic heterocycles. The molecule has 3 aromatic carbocycles. The predicted octanol–water partition coefficient (Wildman–Crippen LogP) is 5.85. The first-order valence-corrected chi connectivity index (χ1v) is 11.3. The van der Waals surface area contributed by atoms with Crippen molar-refractivity contribution < 1.29 is 9.47 Å². The van der Waals surface area contributed by atoms with Crippen molar-refractivity contribution >= 4 is 23.8 Å². The van der Waals surface area contributed by atoms with E-state index in [0.717, 1.165) is 31.0 Å². The van der Waals surface area contributed by atoms with E-state index in [-0.39, 0.29) is 12.4 Å². The van der Waals surface area contributed by atoms with E-state index in [4.69, 9.17) is 9.47 Å². The molecule has 0 spiro atoms. The number of anilines is 2. The summed E-state index contributed by atoms with van der Waals surface area (Å²) in [4.78, 5) is 5.14. The number of rotatable bonds is 6. The maximum absolute atomic E-state index is 6.16. The van der Waals surface area contributed by atoms with Crippen LogP contribution >= 0.6 is 12.4 Å². The highest BCUT2D eigenvalue weighted by molar-refractivity contribution is 5.85. The fourth-order valence-electron chi connectivity index (χ4n) is 4.89. The lowest BCUT2D eigenvalue weighted by Crippen LogP contribution is -2.39. The van der Waals surface area contributed by atoms with Gasteiger partial charge in [0.25, 0.3) is 0 Å². The van der Waals surface area contributed by atoms with Crippen LogP contribution in [0.5, 0.6) is 11.5 Å². The van der Waals surface area contributed by atoms with Gasteiger partial charge in [0.15, 0.2) is 0 Å². The summed E-state index contributed by atoms with van der Waals surface area (Å²) >= 11 is 0. The number of fused-ring (bicyclic) bond motifs is 2. The average molecular weight is 451 g/mol. The van der Waals surface area contributed by atoms with Gasteiger partial charge in [-0.05, 0) is 61.7 Å². The number of methoxy groups -OCH3 is 1. The van der Waals surface area contributed by atoms with Crippen LogP contribution in [0.15, 0.2) is 72.8 Å². The smallest absolute Gasteiger partial charge is 0.143 e. The highest BCUT2D eigenvalue weighted by Gasteiger charge is 2.29. The lowest BCUT2D eigenvalue weighted by molar-refractivity contribution is 0.261. The van der Waals surface area contributed by atoms with Gasteiger partial charge in [-0.25, -0.2) is 0 Å². The highest BCUT2D eigenvalue weighted by Crippen LogP contribution is 2.40. The van der Waals surface area contributed by atoms with Gasteiger partial charge in [0.2, 0.25) is 0 Å². The number of nitrogens with zero attached hydrogens (tertiary/aromatic N) is 2. The largest absolute Gasteiger partial charge is 0.497 e. The van der Waals surface area contributed by atoms with Gasteiger partial charge in [-0.1, -0.05) is 42.5 Å². The van der Waals surface area contributed by atoms with Crippen molar-refractivity contribution in [3.8, 4) is 11.5 Å². The van der Waals surface area contributed by atoms with Crippen molar-refractivity contribution in [3.05, 3.63) is 83.9 Å². The molecule has 0 aliphatic carbocycles. The minimum atomic E-state index is 0. The summed E-state index contributed by atoms with van der Waals surface area (Å²) in [6.07, 6.45) is 3.54. The van der Waals surface area contributed by atoms with Gasteiger partial charge >= 0.3 is 0 Å². The Hall–Kier alpha value is -2.69. The summed E-state index contributed by atoms with van der Waals surface area (Å²) in [6.45, 7) is 3.84. The van der Waals surface area contributed by atoms with Gasteiger partial charge in [-0.15, -0.1) is 12.4 Å². The Morgan fingerprint density at radius 2 is 1.78 bits per heavy atom. The molecule has 5 rings (SSSR count). The number of para-hydroxylation sites is 3. The quantitative estimate of drug-likeness (QED) is 0.470. The second-order valence-electron chi connectivity index (χ2n) is 8.43. The second-order valence-corrected chi connectivity index (χ2v) is 8.43. The van der Waals surface area contributed by atoms with Crippen LogP contribution in [0.1, 0.15) is 24.0 Å². The monoisotopic (exact) mass is 450 g/mol. The van der Waals surface area contributed by atoms with Crippen LogP contribution in [-0.2, 0) is 13.0 Å². The van der Waals surface area contributed by atoms with Gasteiger partial charge in [0.05, 0.1) is 12.8 Å². The Morgan fingerprint density at radius 3 is 2.66 bits per heavy atom. The van der Waals surface area contributed by atoms with E-state index in [0.29, 0.717) is 12.6 Å². The normalized spacial score (nSPS) is 17.5. The molecular formula is C27H31ClN2O2. The average Bonchev–Trinajstić information content (AvgIpc) is 3.21. The van der Waals surface area contributed by atoms with Crippen molar-refractivity contribution in [1.82, 2.24) is 4.90 Å². The third-order valence-corrected chi connectivity index (χ3v) is 6.54. The molecule has 3 aromatic rings. The van der Waals surface area contributed by atoms with Crippen LogP contribution < -0.4 is 14.4 Å². The van der Waals surface area contributed by atoms with Gasteiger partial charge < -0.3 is 14.4 Å². The molecule has 1 saturated heterocycles. The lowest BCUT2D eigenvalue weighted by atomic mass is 10.1. The molecule has 0 radical (unpaired) electrons. The zero-order valence-corrected chi connectivity index (χ0v) is 19.4. The molecule has 2 heterocycles. The first-order valence-electron chi connectivity index (χ1n) is 11.3. The Bertz CT molecular complexity index is 994. The number of hydrogen-bond donors (Lipinski definition) is 0. The lowest BCUT2D eigenvalue weighted by Gasteiger charge is -2.32. The van der Waals surface area contributed by atoms with E-state index in [1.54, 1.807) is 7.11 Å². The van der Waals surface area contributed by atoms with E-state index in [1.165, 1.54) is 41.9 Å². The highest BCUT2D eigenvalue weighted by atomic mass is 35.5. The van der Waals surface area contributed by atoms with Crippen molar-refractivity contribution in [1.29, 1.82) is 0 Å². The Morgan fingerprint density at radius 1 is 0.969 bits per heavy atom. The van der Waals surface area contributed by atoms with E-state index in [2.05, 4.69) is 76.5 Å². The molecular weight excluding hydrogens is 420 g/mol. The maximum atomic E-state index is 6.16. The maximum Gasteiger partial charge on any atom is 0.143 e. The molecule has 5 heteroatoms. The van der Waals surface area contributed by atoms with Gasteiger partial charge in [-0.3, -0.25) is 4.90 Å². The topological polar surface area (TPSA) is 24.9 Å². The van der Waals surface area contributed by atoms with Crippen LogP contribution in [0, 0.1) is 0 Å². The van der Waals surface area contributed by atoms with Gasteiger partial charge in [0, 0.05) is 30.4 Å². The molecule has 0 N–H and O–H groups in total. The Kier molecular flexibility index (Phi) is 7.23. The van der Waals surface area contributed by atoms with Gasteiger partial charge in [-0.2, -0.15) is 0 Å². The fraction of sp³-hybridized carbons (Fsp3) is 0.333. The minimum Gasteiger partial charge on any atom is -0.497 e. The van der Waals surface area contributed by atoms with E-state index >= 15 is 0 Å². The zero-order chi connectivity index (χ0) is 21.0. The SMILES string of the molecule is COc1cccc(CCN2CCCC2CN2c3ccccc3COc3ccccc32)c1.Cl. The summed E-state index contributed by atoms with van der Waals surface area (Å²) in [7, 11) is 1.73. The van der Waals surface area contributed by atoms with E-state index < -0.39 is 0 Å². The Labute approximate surface area is 197 Å². The summed E-state index contributed by atoms with van der Waals surface area (Å²) in [6, 6.07) is 26.1. The standard InChI is InChI=1S/C27H30N2O2.ClH/c1-30-24-11-6-8-21(18-24)15-17-28-16-7-10-23(28)19-29-25-12-3-2-9-22(25)20-31-27-14-5-4-13-26(27)29;/h2-6,8-9,11-14,18,23H,7,10,15-17,19-20H2,1H3;1H. The summed E-state index contributed by atoms with van der Waals surface area (Å²) in [5.41, 5.74) is 5.03. The molecule has 0 aromatic heterocycles. The van der Waals surface area contributed by atoms with Crippen molar-refractivity contribution in [3.63, 3.8) is 0 Å². The number of benzene rings is 3. The zero-order valence-electron chi connectivity index (χ0n) is 18.6. The first-order chi connectivity index (χ1) is 15.3. The van der Waals surface area contributed by atoms with Crippen LogP contribution in [-0.4, -0.2) is 37.7 Å². The van der Waals surface area contributed by atoms with Crippen LogP contribution in [0.3, 0.4) is 0 Å². The first kappa shape index (κ1) is 22.5. The third kappa shape index (κ3) is 4.72. The molecule has 32 heavy (non-hydrogen) atoms. The number of ether oxygens (including phenoxy) is 2. The molecule has 0 saturated carbocycles. The molecule has 1 atom stereocenters. The van der Waals surface area contributed by atoms with Crippen molar-refractivity contribution in [2.75, 3.05) is 31.6 Å². The van der Waals surface area contributed by atoms with Crippen LogP contribution in [0.25, 0.3) is 0 Å². The molecule has 0 bridgehead atoms.